The fraction of sp³-hybridized carbons (Fsp3) is 0.152. The Hall–Kier alpha value is -3.18. The van der Waals surface area contributed by atoms with Gasteiger partial charge in [-0.3, -0.25) is 9.59 Å². The molecule has 0 aliphatic heterocycles. The number of hydrogen-bond donors (Lipinski definition) is 0. The standard InChI is InChI=1S/C33H31O2P2/c1-22-14-6-11-19-28(22)37(29-20-12-7-15-23(29)2,30-21-13-8-16-24(30)3)36(5)33-25(4)31(34)26-17-9-10-18-27(26)32(33)35/h6-21H,1-5H3/q+1. The van der Waals surface area contributed by atoms with Crippen LogP contribution in [0.3, 0.4) is 0 Å². The maximum Gasteiger partial charge on any atom is 0.198 e. The van der Waals surface area contributed by atoms with Crippen molar-refractivity contribution in [3.8, 4) is 0 Å². The second-order valence-corrected chi connectivity index (χ2v) is 17.5. The van der Waals surface area contributed by atoms with Gasteiger partial charge in [0.15, 0.2) is 11.6 Å². The minimum Gasteiger partial charge on any atom is -0.289 e. The van der Waals surface area contributed by atoms with Gasteiger partial charge in [-0.25, -0.2) is 0 Å². The first-order chi connectivity index (χ1) is 17.8. The van der Waals surface area contributed by atoms with Crippen LogP contribution >= 0.6 is 14.6 Å². The monoisotopic (exact) mass is 521 g/mol. The summed E-state index contributed by atoms with van der Waals surface area (Å²) in [5.41, 5.74) is 5.28. The molecule has 5 rings (SSSR count). The largest absolute Gasteiger partial charge is 0.289 e. The first kappa shape index (κ1) is 25.5. The number of benzene rings is 4. The predicted octanol–water partition coefficient (Wildman–Crippen LogP) is 7.29. The number of hydrogen-bond acceptors (Lipinski definition) is 2. The van der Waals surface area contributed by atoms with E-state index in [9.17, 15) is 9.59 Å². The SMILES string of the molecule is CC1=C(P(C)[P+](c2ccccc2C)(c2ccccc2C)c2ccccc2C)C(=O)c2ccccc2C1=O. The number of carbonyl (C=O) groups excluding carboxylic acids is 2. The quantitative estimate of drug-likeness (QED) is 0.259. The van der Waals surface area contributed by atoms with Crippen molar-refractivity contribution in [3.05, 3.63) is 136 Å². The van der Waals surface area contributed by atoms with Crippen LogP contribution in [0.15, 0.2) is 108 Å². The van der Waals surface area contributed by atoms with Gasteiger partial charge in [-0.05, 0) is 69.2 Å². The molecule has 0 fully saturated rings. The predicted molar refractivity (Wildman–Crippen MR) is 160 cm³/mol. The van der Waals surface area contributed by atoms with Gasteiger partial charge in [0.05, 0.1) is 5.31 Å². The van der Waals surface area contributed by atoms with Gasteiger partial charge in [0.1, 0.15) is 30.5 Å². The molecule has 1 atom stereocenters. The van der Waals surface area contributed by atoms with Crippen LogP contribution in [0.5, 0.6) is 0 Å². The fourth-order valence-corrected chi connectivity index (χ4v) is 17.9. The molecule has 4 heteroatoms. The van der Waals surface area contributed by atoms with Crippen molar-refractivity contribution >= 4 is 42.0 Å². The number of rotatable bonds is 5. The van der Waals surface area contributed by atoms with Crippen molar-refractivity contribution in [2.75, 3.05) is 6.66 Å². The molecule has 4 aromatic rings. The lowest BCUT2D eigenvalue weighted by atomic mass is 9.90. The zero-order valence-electron chi connectivity index (χ0n) is 21.9. The maximum absolute atomic E-state index is 14.2. The Bertz CT molecular complexity index is 1470. The van der Waals surface area contributed by atoms with E-state index >= 15 is 0 Å². The van der Waals surface area contributed by atoms with E-state index in [0.717, 1.165) is 0 Å². The Labute approximate surface area is 221 Å². The molecular formula is C33H31O2P2+. The van der Waals surface area contributed by atoms with E-state index in [1.165, 1.54) is 32.6 Å². The van der Waals surface area contributed by atoms with Crippen LogP contribution < -0.4 is 15.9 Å². The number of carbonyl (C=O) groups is 2. The molecular weight excluding hydrogens is 490 g/mol. The molecule has 0 amide bonds. The number of ketones is 2. The molecule has 0 N–H and O–H groups in total. The third-order valence-corrected chi connectivity index (χ3v) is 18.4. The van der Waals surface area contributed by atoms with Crippen molar-refractivity contribution in [3.63, 3.8) is 0 Å². The van der Waals surface area contributed by atoms with Gasteiger partial charge in [0.2, 0.25) is 0 Å². The first-order valence-electron chi connectivity index (χ1n) is 12.5. The summed E-state index contributed by atoms with van der Waals surface area (Å²) in [5, 5.41) is 4.56. The molecule has 0 saturated carbocycles. The third kappa shape index (κ3) is 3.95. The summed E-state index contributed by atoms with van der Waals surface area (Å²) < 4.78 is 0. The van der Waals surface area contributed by atoms with Gasteiger partial charge in [0.25, 0.3) is 0 Å². The summed E-state index contributed by atoms with van der Waals surface area (Å²) in [5.74, 6) is -0.0292. The van der Waals surface area contributed by atoms with Crippen LogP contribution in [0, 0.1) is 20.8 Å². The summed E-state index contributed by atoms with van der Waals surface area (Å²) >= 11 is 0. The van der Waals surface area contributed by atoms with Gasteiger partial charge < -0.3 is 0 Å². The average molecular weight is 522 g/mol. The second kappa shape index (κ2) is 9.94. The van der Waals surface area contributed by atoms with Crippen molar-refractivity contribution in [1.82, 2.24) is 0 Å². The molecule has 1 aliphatic rings. The topological polar surface area (TPSA) is 34.1 Å². The normalized spacial score (nSPS) is 14.5. The van der Waals surface area contributed by atoms with Gasteiger partial charge in [-0.1, -0.05) is 78.9 Å². The summed E-state index contributed by atoms with van der Waals surface area (Å²) in [7, 11) is -1.13. The minimum absolute atomic E-state index is 0.00133. The summed E-state index contributed by atoms with van der Waals surface area (Å²) in [4.78, 5) is 27.9. The minimum atomic E-state index is -2.40. The average Bonchev–Trinajstić information content (AvgIpc) is 2.90. The smallest absolute Gasteiger partial charge is 0.198 e. The first-order valence-corrected chi connectivity index (χ1v) is 16.8. The van der Waals surface area contributed by atoms with Gasteiger partial charge in [0, 0.05) is 16.7 Å². The van der Waals surface area contributed by atoms with Crippen molar-refractivity contribution in [2.24, 2.45) is 0 Å². The summed E-state index contributed by atoms with van der Waals surface area (Å²) in [6.45, 7) is 8.22. The molecule has 1 unspecified atom stereocenters. The molecule has 4 aromatic carbocycles. The van der Waals surface area contributed by atoms with Crippen LogP contribution in [0.25, 0.3) is 0 Å². The lowest BCUT2D eigenvalue weighted by Gasteiger charge is -2.37. The lowest BCUT2D eigenvalue weighted by molar-refractivity contribution is 0.0981. The molecule has 184 valence electrons. The van der Waals surface area contributed by atoms with Crippen molar-refractivity contribution in [2.45, 2.75) is 27.7 Å². The van der Waals surface area contributed by atoms with Crippen LogP contribution in [0.1, 0.15) is 44.3 Å². The lowest BCUT2D eigenvalue weighted by Crippen LogP contribution is -2.35. The van der Waals surface area contributed by atoms with E-state index in [4.69, 9.17) is 0 Å². The van der Waals surface area contributed by atoms with Crippen molar-refractivity contribution < 1.29 is 9.59 Å². The number of allylic oxidation sites excluding steroid dienone is 2. The Morgan fingerprint density at radius 1 is 0.514 bits per heavy atom. The highest BCUT2D eigenvalue weighted by molar-refractivity contribution is 8.49. The molecule has 0 aromatic heterocycles. The molecule has 0 bridgehead atoms. The Morgan fingerprint density at radius 2 is 0.865 bits per heavy atom. The third-order valence-electron chi connectivity index (χ3n) is 7.49. The fourth-order valence-electron chi connectivity index (χ4n) is 5.68. The molecule has 37 heavy (non-hydrogen) atoms. The van der Waals surface area contributed by atoms with Crippen LogP contribution in [-0.4, -0.2) is 18.2 Å². The molecule has 2 nitrogen and oxygen atoms in total. The Kier molecular flexibility index (Phi) is 6.84. The highest BCUT2D eigenvalue weighted by Crippen LogP contribution is 2.84. The van der Waals surface area contributed by atoms with Gasteiger partial charge in [-0.2, -0.15) is 0 Å². The van der Waals surface area contributed by atoms with Gasteiger partial charge >= 0.3 is 0 Å². The molecule has 0 spiro atoms. The van der Waals surface area contributed by atoms with E-state index in [1.807, 2.05) is 19.1 Å². The van der Waals surface area contributed by atoms with Crippen molar-refractivity contribution in [1.29, 1.82) is 0 Å². The zero-order valence-corrected chi connectivity index (χ0v) is 23.7. The maximum atomic E-state index is 14.2. The zero-order chi connectivity index (χ0) is 26.3. The number of fused-ring (bicyclic) bond motifs is 1. The highest BCUT2D eigenvalue weighted by Gasteiger charge is 2.56. The van der Waals surface area contributed by atoms with E-state index in [1.54, 1.807) is 12.1 Å². The molecule has 0 radical (unpaired) electrons. The van der Waals surface area contributed by atoms with E-state index in [-0.39, 0.29) is 11.6 Å². The molecule has 1 aliphatic carbocycles. The highest BCUT2D eigenvalue weighted by atomic mass is 32.1. The van der Waals surface area contributed by atoms with E-state index < -0.39 is 14.6 Å². The van der Waals surface area contributed by atoms with E-state index in [0.29, 0.717) is 22.0 Å². The summed E-state index contributed by atoms with van der Waals surface area (Å²) in [6.07, 6.45) is 0. The molecule has 0 heterocycles. The van der Waals surface area contributed by atoms with Gasteiger partial charge in [-0.15, -0.1) is 0 Å². The summed E-state index contributed by atoms with van der Waals surface area (Å²) in [6, 6.07) is 33.1. The van der Waals surface area contributed by atoms with Crippen LogP contribution in [0.2, 0.25) is 0 Å². The van der Waals surface area contributed by atoms with Crippen LogP contribution in [0.4, 0.5) is 0 Å². The van der Waals surface area contributed by atoms with E-state index in [2.05, 4.69) is 100 Å². The molecule has 0 saturated heterocycles. The number of aryl methyl sites for hydroxylation is 3. The number of Topliss-reactive ketones (excluding diaryl/α,β-unsaturated/α-hetero) is 2. The van der Waals surface area contributed by atoms with Crippen LogP contribution in [-0.2, 0) is 0 Å². The Morgan fingerprint density at radius 3 is 1.27 bits per heavy atom. The second-order valence-electron chi connectivity index (χ2n) is 9.70. The Balaban J connectivity index is 1.93.